The summed E-state index contributed by atoms with van der Waals surface area (Å²) in [5, 5.41) is 23.0. The monoisotopic (exact) mass is 930 g/mol. The first kappa shape index (κ1) is 64.3. The first-order valence-electron chi connectivity index (χ1n) is 29.6. The number of hydrogen-bond acceptors (Lipinski definition) is 5. The van der Waals surface area contributed by atoms with Crippen LogP contribution < -0.4 is 5.32 Å². The topological polar surface area (TPSA) is 95.9 Å². The Morgan fingerprint density at radius 2 is 0.712 bits per heavy atom. The number of nitrogens with one attached hydrogen (secondary N) is 1. The van der Waals surface area contributed by atoms with Gasteiger partial charge < -0.3 is 20.3 Å². The van der Waals surface area contributed by atoms with Gasteiger partial charge in [-0.05, 0) is 57.8 Å². The predicted octanol–water partition coefficient (Wildman–Crippen LogP) is 18.2. The Morgan fingerprint density at radius 3 is 1.08 bits per heavy atom. The van der Waals surface area contributed by atoms with Crippen LogP contribution in [-0.2, 0) is 14.3 Å². The largest absolute Gasteiger partial charge is 0.466 e. The zero-order chi connectivity index (χ0) is 47.9. The van der Waals surface area contributed by atoms with E-state index in [-0.39, 0.29) is 18.5 Å². The van der Waals surface area contributed by atoms with Gasteiger partial charge in [-0.3, -0.25) is 9.59 Å². The van der Waals surface area contributed by atoms with Crippen molar-refractivity contribution in [3.05, 3.63) is 24.3 Å². The molecule has 0 bridgehead atoms. The fourth-order valence-corrected chi connectivity index (χ4v) is 9.16. The second kappa shape index (κ2) is 55.9. The van der Waals surface area contributed by atoms with Gasteiger partial charge in [0.05, 0.1) is 25.4 Å². The summed E-state index contributed by atoms with van der Waals surface area (Å²) < 4.78 is 5.48. The number of aliphatic hydroxyl groups is 2. The van der Waals surface area contributed by atoms with Gasteiger partial charge in [0.2, 0.25) is 5.91 Å². The van der Waals surface area contributed by atoms with E-state index >= 15 is 0 Å². The van der Waals surface area contributed by atoms with Crippen molar-refractivity contribution in [2.45, 2.75) is 334 Å². The minimum atomic E-state index is -0.841. The van der Waals surface area contributed by atoms with E-state index < -0.39 is 12.1 Å². The third-order valence-electron chi connectivity index (χ3n) is 13.7. The maximum absolute atomic E-state index is 12.4. The summed E-state index contributed by atoms with van der Waals surface area (Å²) in [4.78, 5) is 24.4. The molecule has 0 aliphatic heterocycles. The second-order valence-corrected chi connectivity index (χ2v) is 20.3. The van der Waals surface area contributed by atoms with Crippen LogP contribution in [0.2, 0.25) is 0 Å². The first-order chi connectivity index (χ1) is 32.5. The summed E-state index contributed by atoms with van der Waals surface area (Å²) in [7, 11) is 0. The van der Waals surface area contributed by atoms with Gasteiger partial charge in [0.15, 0.2) is 0 Å². The van der Waals surface area contributed by atoms with E-state index in [0.29, 0.717) is 19.4 Å². The Kier molecular flexibility index (Phi) is 54.5. The highest BCUT2D eigenvalue weighted by Gasteiger charge is 2.18. The van der Waals surface area contributed by atoms with Crippen molar-refractivity contribution < 1.29 is 24.5 Å². The van der Waals surface area contributed by atoms with Crippen molar-refractivity contribution in [2.75, 3.05) is 13.2 Å². The Balaban J connectivity index is 3.35. The normalized spacial score (nSPS) is 12.7. The van der Waals surface area contributed by atoms with Gasteiger partial charge in [-0.25, -0.2) is 0 Å². The molecule has 0 saturated carbocycles. The average Bonchev–Trinajstić information content (AvgIpc) is 3.32. The molecule has 0 aromatic rings. The smallest absolute Gasteiger partial charge is 0.305 e. The van der Waals surface area contributed by atoms with Crippen LogP contribution in [0.5, 0.6) is 0 Å². The highest BCUT2D eigenvalue weighted by Crippen LogP contribution is 2.17. The molecule has 6 heteroatoms. The highest BCUT2D eigenvalue weighted by molar-refractivity contribution is 5.76. The summed E-state index contributed by atoms with van der Waals surface area (Å²) >= 11 is 0. The summed E-state index contributed by atoms with van der Waals surface area (Å²) in [5.41, 5.74) is 0. The number of rotatable bonds is 55. The number of ether oxygens (including phenoxy) is 1. The van der Waals surface area contributed by atoms with E-state index in [2.05, 4.69) is 31.3 Å². The minimum absolute atomic E-state index is 0.00733. The number of unbranched alkanes of at least 4 members (excludes halogenated alkanes) is 42. The van der Waals surface area contributed by atoms with Gasteiger partial charge in [-0.15, -0.1) is 0 Å². The Bertz CT molecular complexity index is 1030. The van der Waals surface area contributed by atoms with Crippen molar-refractivity contribution >= 4 is 11.9 Å². The van der Waals surface area contributed by atoms with Gasteiger partial charge >= 0.3 is 5.97 Å². The molecule has 0 aromatic carbocycles. The summed E-state index contributed by atoms with van der Waals surface area (Å²) in [6.07, 6.45) is 67.9. The van der Waals surface area contributed by atoms with Crippen LogP contribution in [0.4, 0.5) is 0 Å². The predicted molar refractivity (Wildman–Crippen MR) is 287 cm³/mol. The molecule has 2 atom stereocenters. The molecule has 0 aromatic heterocycles. The van der Waals surface area contributed by atoms with Crippen molar-refractivity contribution in [2.24, 2.45) is 0 Å². The lowest BCUT2D eigenvalue weighted by Gasteiger charge is -2.20. The summed E-state index contributed by atoms with van der Waals surface area (Å²) in [5.74, 6) is -0.0602. The lowest BCUT2D eigenvalue weighted by Crippen LogP contribution is -2.45. The number of aliphatic hydroxyl groups excluding tert-OH is 2. The first-order valence-corrected chi connectivity index (χ1v) is 29.6. The number of amides is 1. The Labute approximate surface area is 411 Å². The molecule has 0 fully saturated rings. The fourth-order valence-electron chi connectivity index (χ4n) is 9.16. The van der Waals surface area contributed by atoms with Crippen molar-refractivity contribution in [3.8, 4) is 0 Å². The van der Waals surface area contributed by atoms with Gasteiger partial charge in [-0.1, -0.05) is 276 Å². The molecular weight excluding hydrogens is 815 g/mol. The molecule has 66 heavy (non-hydrogen) atoms. The molecule has 0 radical (unpaired) electrons. The van der Waals surface area contributed by atoms with Gasteiger partial charge in [-0.2, -0.15) is 0 Å². The summed E-state index contributed by atoms with van der Waals surface area (Å²) in [6, 6.07) is -0.624. The molecule has 0 aliphatic carbocycles. The number of esters is 1. The lowest BCUT2D eigenvalue weighted by atomic mass is 10.0. The van der Waals surface area contributed by atoms with Crippen LogP contribution in [0.15, 0.2) is 24.3 Å². The highest BCUT2D eigenvalue weighted by atomic mass is 16.5. The lowest BCUT2D eigenvalue weighted by molar-refractivity contribution is -0.143. The maximum Gasteiger partial charge on any atom is 0.305 e. The van der Waals surface area contributed by atoms with Gasteiger partial charge in [0.1, 0.15) is 0 Å². The zero-order valence-electron chi connectivity index (χ0n) is 44.4. The molecule has 0 heterocycles. The summed E-state index contributed by atoms with van der Waals surface area (Å²) in [6.45, 7) is 4.88. The van der Waals surface area contributed by atoms with Crippen LogP contribution in [0.25, 0.3) is 0 Å². The third-order valence-corrected chi connectivity index (χ3v) is 13.7. The van der Waals surface area contributed by atoms with Crippen molar-refractivity contribution in [1.29, 1.82) is 0 Å². The number of hydrogen-bond donors (Lipinski definition) is 3. The van der Waals surface area contributed by atoms with Crippen molar-refractivity contribution in [3.63, 3.8) is 0 Å². The number of carbonyl (C=O) groups excluding carboxylic acids is 2. The van der Waals surface area contributed by atoms with Crippen LogP contribution in [-0.4, -0.2) is 47.4 Å². The van der Waals surface area contributed by atoms with E-state index in [1.54, 1.807) is 6.08 Å². The molecule has 2 unspecified atom stereocenters. The third kappa shape index (κ3) is 51.7. The van der Waals surface area contributed by atoms with Gasteiger partial charge in [0, 0.05) is 12.8 Å². The van der Waals surface area contributed by atoms with E-state index in [1.165, 1.54) is 250 Å². The molecule has 0 rings (SSSR count). The van der Waals surface area contributed by atoms with Gasteiger partial charge in [0.25, 0.3) is 0 Å². The second-order valence-electron chi connectivity index (χ2n) is 20.3. The fraction of sp³-hybridized carbons (Fsp3) is 0.900. The SMILES string of the molecule is CCCCCCC/C=C\CCCCCCCC(=O)OCCCCCCCCCCCCCCCCCCCCCCCCCCCC(=O)NC(CO)C(O)/C=C/CCCCCCCCCC. The average molecular weight is 931 g/mol. The van der Waals surface area contributed by atoms with Crippen LogP contribution in [0, 0.1) is 0 Å². The quantitative estimate of drug-likeness (QED) is 0.0321. The maximum atomic E-state index is 12.4. The van der Waals surface area contributed by atoms with Crippen LogP contribution in [0.3, 0.4) is 0 Å². The van der Waals surface area contributed by atoms with Crippen molar-refractivity contribution in [1.82, 2.24) is 5.32 Å². The molecule has 0 spiro atoms. The zero-order valence-corrected chi connectivity index (χ0v) is 44.4. The molecule has 3 N–H and O–H groups in total. The molecule has 1 amide bonds. The molecule has 6 nitrogen and oxygen atoms in total. The van der Waals surface area contributed by atoms with E-state index in [1.807, 2.05) is 6.08 Å². The number of allylic oxidation sites excluding steroid dienone is 3. The molecule has 0 aliphatic rings. The minimum Gasteiger partial charge on any atom is -0.466 e. The Morgan fingerprint density at radius 1 is 0.409 bits per heavy atom. The molecule has 0 saturated heterocycles. The van der Waals surface area contributed by atoms with E-state index in [4.69, 9.17) is 4.74 Å². The van der Waals surface area contributed by atoms with E-state index in [0.717, 1.165) is 44.9 Å². The molecular formula is C60H115NO5. The standard InChI is InChI=1S/C60H115NO5/c1-3-5-7-9-11-13-15-16-31-34-38-42-46-50-54-60(65)66-55-51-47-43-39-35-32-29-27-25-23-21-19-17-18-20-22-24-26-28-30-33-37-41-45-49-53-59(64)61-57(56-62)58(63)52-48-44-40-36-14-12-10-8-6-4-2/h15-16,48,52,57-58,62-63H,3-14,17-47,49-51,53-56H2,1-2H3,(H,61,64)/b16-15-,52-48+. The Hall–Kier alpha value is -1.66. The van der Waals surface area contributed by atoms with Crippen LogP contribution >= 0.6 is 0 Å². The molecule has 390 valence electrons. The van der Waals surface area contributed by atoms with E-state index in [9.17, 15) is 19.8 Å². The number of carbonyl (C=O) groups is 2. The van der Waals surface area contributed by atoms with Crippen LogP contribution in [0.1, 0.15) is 322 Å².